The molecular formula is C15H18ClN3O. The highest BCUT2D eigenvalue weighted by Gasteiger charge is 2.16. The lowest BCUT2D eigenvalue weighted by Crippen LogP contribution is -2.20. The Hall–Kier alpha value is -1.52. The van der Waals surface area contributed by atoms with E-state index in [0.29, 0.717) is 11.1 Å². The van der Waals surface area contributed by atoms with E-state index in [1.165, 1.54) is 0 Å². The maximum atomic E-state index is 6.35. The minimum absolute atomic E-state index is 0.422. The summed E-state index contributed by atoms with van der Waals surface area (Å²) in [4.78, 5) is 0. The molecule has 0 radical (unpaired) electrons. The number of benzene rings is 1. The monoisotopic (exact) mass is 291 g/mol. The molecule has 4 nitrogen and oxygen atoms in total. The topological polar surface area (TPSA) is 39.1 Å². The first-order chi connectivity index (χ1) is 9.84. The highest BCUT2D eigenvalue weighted by atomic mass is 35.5. The Bertz CT molecular complexity index is 548. The number of hydrogen-bond acceptors (Lipinski definition) is 3. The average Bonchev–Trinajstić information content (AvgIpc) is 2.84. The van der Waals surface area contributed by atoms with Crippen LogP contribution in [0.4, 0.5) is 5.69 Å². The first kappa shape index (κ1) is 13.5. The molecule has 0 aliphatic carbocycles. The van der Waals surface area contributed by atoms with Crippen molar-refractivity contribution in [3.63, 3.8) is 0 Å². The second-order valence-corrected chi connectivity index (χ2v) is 5.38. The van der Waals surface area contributed by atoms with E-state index in [-0.39, 0.29) is 0 Å². The SMILES string of the molecule is Clc1cccc(NC2CCCOCC2)c1-n1cccn1. The minimum atomic E-state index is 0.422. The van der Waals surface area contributed by atoms with Crippen LogP contribution in [-0.4, -0.2) is 29.0 Å². The predicted octanol–water partition coefficient (Wildman–Crippen LogP) is 3.51. The molecule has 2 heterocycles. The van der Waals surface area contributed by atoms with Crippen molar-refractivity contribution in [1.29, 1.82) is 0 Å². The summed E-state index contributed by atoms with van der Waals surface area (Å²) in [6.45, 7) is 1.68. The zero-order valence-corrected chi connectivity index (χ0v) is 12.0. The molecule has 20 heavy (non-hydrogen) atoms. The van der Waals surface area contributed by atoms with Crippen LogP contribution in [-0.2, 0) is 4.74 Å². The lowest BCUT2D eigenvalue weighted by Gasteiger charge is -2.20. The number of rotatable bonds is 3. The molecule has 1 fully saturated rings. The van der Waals surface area contributed by atoms with Crippen molar-refractivity contribution in [2.45, 2.75) is 25.3 Å². The molecule has 1 N–H and O–H groups in total. The minimum Gasteiger partial charge on any atom is -0.381 e. The summed E-state index contributed by atoms with van der Waals surface area (Å²) in [5, 5.41) is 8.58. The average molecular weight is 292 g/mol. The van der Waals surface area contributed by atoms with Crippen LogP contribution in [0.25, 0.3) is 5.69 Å². The van der Waals surface area contributed by atoms with Crippen LogP contribution in [0.15, 0.2) is 36.7 Å². The molecule has 1 aromatic heterocycles. The smallest absolute Gasteiger partial charge is 0.106 e. The first-order valence-electron chi connectivity index (χ1n) is 6.97. The van der Waals surface area contributed by atoms with Crippen LogP contribution in [0.3, 0.4) is 0 Å². The van der Waals surface area contributed by atoms with E-state index in [4.69, 9.17) is 16.3 Å². The zero-order chi connectivity index (χ0) is 13.8. The van der Waals surface area contributed by atoms with Crippen molar-refractivity contribution in [3.05, 3.63) is 41.7 Å². The van der Waals surface area contributed by atoms with Gasteiger partial charge in [-0.1, -0.05) is 17.7 Å². The third kappa shape index (κ3) is 2.97. The molecule has 0 amide bonds. The van der Waals surface area contributed by atoms with E-state index >= 15 is 0 Å². The van der Waals surface area contributed by atoms with Crippen molar-refractivity contribution >= 4 is 17.3 Å². The number of nitrogens with zero attached hydrogens (tertiary/aromatic N) is 2. The Balaban J connectivity index is 1.87. The fraction of sp³-hybridized carbons (Fsp3) is 0.400. The van der Waals surface area contributed by atoms with Gasteiger partial charge < -0.3 is 10.1 Å². The summed E-state index contributed by atoms with van der Waals surface area (Å²) < 4.78 is 7.31. The molecule has 5 heteroatoms. The summed E-state index contributed by atoms with van der Waals surface area (Å²) >= 11 is 6.35. The van der Waals surface area contributed by atoms with Crippen molar-refractivity contribution in [3.8, 4) is 5.69 Å². The normalized spacial score (nSPS) is 19.6. The van der Waals surface area contributed by atoms with Crippen LogP contribution in [0.1, 0.15) is 19.3 Å². The largest absolute Gasteiger partial charge is 0.381 e. The summed E-state index contributed by atoms with van der Waals surface area (Å²) in [6.07, 6.45) is 6.89. The molecule has 1 aliphatic heterocycles. The van der Waals surface area contributed by atoms with Crippen molar-refractivity contribution in [2.24, 2.45) is 0 Å². The maximum Gasteiger partial charge on any atom is 0.106 e. The number of para-hydroxylation sites is 1. The summed E-state index contributed by atoms with van der Waals surface area (Å²) in [5.41, 5.74) is 1.93. The van der Waals surface area contributed by atoms with Crippen molar-refractivity contribution < 1.29 is 4.74 Å². The van der Waals surface area contributed by atoms with Gasteiger partial charge in [-0.2, -0.15) is 5.10 Å². The summed E-state index contributed by atoms with van der Waals surface area (Å²) in [5.74, 6) is 0. The third-order valence-electron chi connectivity index (χ3n) is 3.53. The van der Waals surface area contributed by atoms with E-state index < -0.39 is 0 Å². The van der Waals surface area contributed by atoms with Gasteiger partial charge in [0.25, 0.3) is 0 Å². The number of hydrogen-bond donors (Lipinski definition) is 1. The molecule has 1 atom stereocenters. The molecule has 0 bridgehead atoms. The lowest BCUT2D eigenvalue weighted by molar-refractivity contribution is 0.144. The van der Waals surface area contributed by atoms with E-state index in [2.05, 4.69) is 16.5 Å². The van der Waals surface area contributed by atoms with Gasteiger partial charge in [0.2, 0.25) is 0 Å². The molecule has 1 saturated heterocycles. The van der Waals surface area contributed by atoms with Crippen LogP contribution < -0.4 is 5.32 Å². The molecule has 106 valence electrons. The molecular weight excluding hydrogens is 274 g/mol. The molecule has 2 aromatic rings. The van der Waals surface area contributed by atoms with Gasteiger partial charge in [0, 0.05) is 31.6 Å². The van der Waals surface area contributed by atoms with E-state index in [0.717, 1.165) is 43.9 Å². The summed E-state index contributed by atoms with van der Waals surface area (Å²) in [6, 6.07) is 8.22. The highest BCUT2D eigenvalue weighted by Crippen LogP contribution is 2.29. The van der Waals surface area contributed by atoms with Crippen molar-refractivity contribution in [2.75, 3.05) is 18.5 Å². The van der Waals surface area contributed by atoms with Crippen LogP contribution in [0, 0.1) is 0 Å². The van der Waals surface area contributed by atoms with Gasteiger partial charge in [-0.15, -0.1) is 0 Å². The van der Waals surface area contributed by atoms with Crippen LogP contribution in [0.2, 0.25) is 5.02 Å². The molecule has 1 unspecified atom stereocenters. The third-order valence-corrected chi connectivity index (χ3v) is 3.84. The molecule has 0 spiro atoms. The van der Waals surface area contributed by atoms with E-state index in [9.17, 15) is 0 Å². The Morgan fingerprint density at radius 2 is 2.20 bits per heavy atom. The molecule has 0 saturated carbocycles. The van der Waals surface area contributed by atoms with E-state index in [1.54, 1.807) is 10.9 Å². The number of nitrogens with one attached hydrogen (secondary N) is 1. The highest BCUT2D eigenvalue weighted by molar-refractivity contribution is 6.33. The second kappa shape index (κ2) is 6.29. The number of anilines is 1. The molecule has 3 rings (SSSR count). The Kier molecular flexibility index (Phi) is 4.23. The standard InChI is InChI=1S/C15H18ClN3O/c16-13-5-1-6-14(15(13)19-9-3-8-17-19)18-12-4-2-10-20-11-7-12/h1,3,5-6,8-9,12,18H,2,4,7,10-11H2. The van der Waals surface area contributed by atoms with Gasteiger partial charge in [0.05, 0.1) is 10.7 Å². The van der Waals surface area contributed by atoms with Crippen LogP contribution in [0.5, 0.6) is 0 Å². The van der Waals surface area contributed by atoms with Gasteiger partial charge in [-0.3, -0.25) is 0 Å². The fourth-order valence-corrected chi connectivity index (χ4v) is 2.79. The van der Waals surface area contributed by atoms with Gasteiger partial charge in [-0.25, -0.2) is 4.68 Å². The number of aromatic nitrogens is 2. The summed E-state index contributed by atoms with van der Waals surface area (Å²) in [7, 11) is 0. The zero-order valence-electron chi connectivity index (χ0n) is 11.3. The van der Waals surface area contributed by atoms with E-state index in [1.807, 2.05) is 24.4 Å². The maximum absolute atomic E-state index is 6.35. The number of halogens is 1. The predicted molar refractivity (Wildman–Crippen MR) is 80.7 cm³/mol. The van der Waals surface area contributed by atoms with Gasteiger partial charge in [0.15, 0.2) is 0 Å². The van der Waals surface area contributed by atoms with Crippen molar-refractivity contribution in [1.82, 2.24) is 9.78 Å². The Labute approximate surface area is 123 Å². The van der Waals surface area contributed by atoms with Gasteiger partial charge in [-0.05, 0) is 37.5 Å². The first-order valence-corrected chi connectivity index (χ1v) is 7.35. The Morgan fingerprint density at radius 3 is 3.05 bits per heavy atom. The molecule has 1 aliphatic rings. The van der Waals surface area contributed by atoms with Gasteiger partial charge in [0.1, 0.15) is 5.69 Å². The lowest BCUT2D eigenvalue weighted by atomic mass is 10.1. The van der Waals surface area contributed by atoms with Crippen LogP contribution >= 0.6 is 11.6 Å². The fourth-order valence-electron chi connectivity index (χ4n) is 2.53. The number of ether oxygens (including phenoxy) is 1. The van der Waals surface area contributed by atoms with Gasteiger partial charge >= 0.3 is 0 Å². The molecule has 1 aromatic carbocycles. The second-order valence-electron chi connectivity index (χ2n) is 4.97. The Morgan fingerprint density at radius 1 is 1.25 bits per heavy atom. The quantitative estimate of drug-likeness (QED) is 0.940.